The standard InChI is InChI=1S/C16H28N2/c1-11(2)18-16(12(3)17-4)15-10-13-6-5-7-14(15)9-8-13/h12-15,17H,1,5-10H2,2-4H3/t12-,13?,14?,15?/m0/s1. The highest BCUT2D eigenvalue weighted by Crippen LogP contribution is 2.44. The van der Waals surface area contributed by atoms with E-state index in [1.807, 2.05) is 14.0 Å². The molecule has 3 aliphatic rings. The SMILES string of the molecule is C=C(C)N=C(C1CC2CCCC1CC2)[C@H](C)NC. The Morgan fingerprint density at radius 3 is 2.72 bits per heavy atom. The minimum Gasteiger partial charge on any atom is -0.312 e. The van der Waals surface area contributed by atoms with Gasteiger partial charge in [0, 0.05) is 23.4 Å². The minimum atomic E-state index is 0.381. The second-order valence-corrected chi connectivity index (χ2v) is 6.26. The van der Waals surface area contributed by atoms with Crippen molar-refractivity contribution >= 4 is 5.71 Å². The summed E-state index contributed by atoms with van der Waals surface area (Å²) in [7, 11) is 2.04. The van der Waals surface area contributed by atoms with E-state index in [2.05, 4.69) is 18.8 Å². The maximum absolute atomic E-state index is 4.79. The molecule has 0 spiro atoms. The maximum atomic E-state index is 4.79. The van der Waals surface area contributed by atoms with E-state index in [0.29, 0.717) is 12.0 Å². The van der Waals surface area contributed by atoms with Gasteiger partial charge in [-0.1, -0.05) is 25.8 Å². The van der Waals surface area contributed by atoms with E-state index in [1.165, 1.54) is 44.2 Å². The number of allylic oxidation sites excluding steroid dienone is 1. The molecule has 0 aromatic heterocycles. The molecule has 18 heavy (non-hydrogen) atoms. The number of fused-ring (bicyclic) bond motifs is 4. The fourth-order valence-electron chi connectivity index (χ4n) is 3.83. The van der Waals surface area contributed by atoms with Crippen LogP contribution in [0.3, 0.4) is 0 Å². The lowest BCUT2D eigenvalue weighted by molar-refractivity contribution is 0.254. The number of hydrogen-bond acceptors (Lipinski definition) is 2. The van der Waals surface area contributed by atoms with Crippen LogP contribution in [0.25, 0.3) is 0 Å². The molecule has 1 N–H and O–H groups in total. The normalized spacial score (nSPS) is 34.2. The first-order valence-corrected chi connectivity index (χ1v) is 7.53. The van der Waals surface area contributed by atoms with Crippen molar-refractivity contribution in [3.05, 3.63) is 12.3 Å². The van der Waals surface area contributed by atoms with Crippen molar-refractivity contribution in [3.63, 3.8) is 0 Å². The Kier molecular flexibility index (Phi) is 4.60. The van der Waals surface area contributed by atoms with Crippen molar-refractivity contribution in [3.8, 4) is 0 Å². The van der Waals surface area contributed by atoms with Crippen LogP contribution in [0, 0.1) is 17.8 Å². The van der Waals surface area contributed by atoms with Gasteiger partial charge in [-0.25, -0.2) is 0 Å². The zero-order chi connectivity index (χ0) is 13.1. The third-order valence-corrected chi connectivity index (χ3v) is 4.87. The molecule has 0 saturated heterocycles. The average Bonchev–Trinajstić information content (AvgIpc) is 2.69. The fraction of sp³-hybridized carbons (Fsp3) is 0.812. The van der Waals surface area contributed by atoms with Gasteiger partial charge in [0.1, 0.15) is 0 Å². The molecule has 3 saturated carbocycles. The van der Waals surface area contributed by atoms with Gasteiger partial charge in [0.2, 0.25) is 0 Å². The predicted molar refractivity (Wildman–Crippen MR) is 78.9 cm³/mol. The summed E-state index contributed by atoms with van der Waals surface area (Å²) in [4.78, 5) is 4.79. The zero-order valence-corrected chi connectivity index (χ0v) is 12.2. The Bertz CT molecular complexity index is 328. The van der Waals surface area contributed by atoms with E-state index in [-0.39, 0.29) is 0 Å². The number of aliphatic imine (C=N–C) groups is 1. The molecular weight excluding hydrogens is 220 g/mol. The minimum absolute atomic E-state index is 0.381. The Labute approximate surface area is 112 Å². The second-order valence-electron chi connectivity index (χ2n) is 6.26. The van der Waals surface area contributed by atoms with Gasteiger partial charge in [-0.2, -0.15) is 0 Å². The molecule has 3 unspecified atom stereocenters. The van der Waals surface area contributed by atoms with Crippen molar-refractivity contribution < 1.29 is 0 Å². The molecular formula is C16H28N2. The number of hydrogen-bond donors (Lipinski definition) is 1. The van der Waals surface area contributed by atoms with E-state index in [4.69, 9.17) is 4.99 Å². The van der Waals surface area contributed by atoms with Crippen LogP contribution in [0.5, 0.6) is 0 Å². The molecule has 3 fully saturated rings. The summed E-state index contributed by atoms with van der Waals surface area (Å²) in [6.45, 7) is 8.22. The van der Waals surface area contributed by atoms with Crippen LogP contribution in [0.1, 0.15) is 52.4 Å². The summed E-state index contributed by atoms with van der Waals surface area (Å²) in [5, 5.41) is 3.38. The quantitative estimate of drug-likeness (QED) is 0.752. The molecule has 4 atom stereocenters. The molecule has 2 heteroatoms. The third-order valence-electron chi connectivity index (χ3n) is 4.87. The van der Waals surface area contributed by atoms with E-state index in [1.54, 1.807) is 0 Å². The third kappa shape index (κ3) is 3.03. The molecule has 2 bridgehead atoms. The monoisotopic (exact) mass is 248 g/mol. The van der Waals surface area contributed by atoms with Crippen LogP contribution in [0.2, 0.25) is 0 Å². The van der Waals surface area contributed by atoms with Crippen LogP contribution in [0.4, 0.5) is 0 Å². The van der Waals surface area contributed by atoms with Crippen LogP contribution < -0.4 is 5.32 Å². The van der Waals surface area contributed by atoms with E-state index in [9.17, 15) is 0 Å². The summed E-state index contributed by atoms with van der Waals surface area (Å²) in [6, 6.07) is 0.381. The van der Waals surface area contributed by atoms with Crippen molar-refractivity contribution in [1.82, 2.24) is 5.32 Å². The van der Waals surface area contributed by atoms with Gasteiger partial charge < -0.3 is 5.32 Å². The summed E-state index contributed by atoms with van der Waals surface area (Å²) < 4.78 is 0. The summed E-state index contributed by atoms with van der Waals surface area (Å²) in [5.41, 5.74) is 2.31. The molecule has 0 aliphatic heterocycles. The highest BCUT2D eigenvalue weighted by atomic mass is 14.9. The van der Waals surface area contributed by atoms with Crippen LogP contribution in [-0.4, -0.2) is 18.8 Å². The van der Waals surface area contributed by atoms with E-state index in [0.717, 1.165) is 17.5 Å². The first kappa shape index (κ1) is 13.8. The summed E-state index contributed by atoms with van der Waals surface area (Å²) >= 11 is 0. The van der Waals surface area contributed by atoms with E-state index < -0.39 is 0 Å². The van der Waals surface area contributed by atoms with Gasteiger partial charge in [0.05, 0.1) is 0 Å². The number of rotatable bonds is 4. The second kappa shape index (κ2) is 6.01. The van der Waals surface area contributed by atoms with Gasteiger partial charge in [0.15, 0.2) is 0 Å². The molecule has 0 aromatic carbocycles. The van der Waals surface area contributed by atoms with Gasteiger partial charge in [-0.05, 0) is 52.0 Å². The first-order chi connectivity index (χ1) is 8.61. The smallest absolute Gasteiger partial charge is 0.0427 e. The maximum Gasteiger partial charge on any atom is 0.0427 e. The lowest BCUT2D eigenvalue weighted by Crippen LogP contribution is -2.40. The van der Waals surface area contributed by atoms with E-state index >= 15 is 0 Å². The van der Waals surface area contributed by atoms with Crippen LogP contribution in [-0.2, 0) is 0 Å². The summed E-state index contributed by atoms with van der Waals surface area (Å²) in [6.07, 6.45) is 8.52. The number of nitrogens with zero attached hydrogens (tertiary/aromatic N) is 1. The van der Waals surface area contributed by atoms with Crippen LogP contribution >= 0.6 is 0 Å². The Hall–Kier alpha value is -0.630. The molecule has 0 radical (unpaired) electrons. The molecule has 3 aliphatic carbocycles. The van der Waals surface area contributed by atoms with Crippen molar-refractivity contribution in [1.29, 1.82) is 0 Å². The highest BCUT2D eigenvalue weighted by Gasteiger charge is 2.37. The van der Waals surface area contributed by atoms with Crippen molar-refractivity contribution in [2.75, 3.05) is 7.05 Å². The molecule has 2 nitrogen and oxygen atoms in total. The summed E-state index contributed by atoms with van der Waals surface area (Å²) in [5.74, 6) is 2.52. The van der Waals surface area contributed by atoms with Gasteiger partial charge in [-0.15, -0.1) is 0 Å². The van der Waals surface area contributed by atoms with Crippen molar-refractivity contribution in [2.24, 2.45) is 22.7 Å². The van der Waals surface area contributed by atoms with Gasteiger partial charge in [0.25, 0.3) is 0 Å². The molecule has 0 aromatic rings. The van der Waals surface area contributed by atoms with Crippen LogP contribution in [0.15, 0.2) is 17.3 Å². The Morgan fingerprint density at radius 1 is 1.28 bits per heavy atom. The average molecular weight is 248 g/mol. The Morgan fingerprint density at radius 2 is 2.06 bits per heavy atom. The zero-order valence-electron chi connectivity index (χ0n) is 12.2. The fourth-order valence-corrected chi connectivity index (χ4v) is 3.83. The molecule has 0 amide bonds. The molecule has 0 heterocycles. The van der Waals surface area contributed by atoms with Gasteiger partial charge >= 0.3 is 0 Å². The molecule has 102 valence electrons. The topological polar surface area (TPSA) is 24.4 Å². The molecule has 3 rings (SSSR count). The lowest BCUT2D eigenvalue weighted by atomic mass is 9.72. The first-order valence-electron chi connectivity index (χ1n) is 7.53. The number of nitrogens with one attached hydrogen (secondary N) is 1. The van der Waals surface area contributed by atoms with Gasteiger partial charge in [-0.3, -0.25) is 4.99 Å². The Balaban J connectivity index is 2.22. The predicted octanol–water partition coefficient (Wildman–Crippen LogP) is 3.79. The van der Waals surface area contributed by atoms with Crippen molar-refractivity contribution in [2.45, 2.75) is 58.4 Å². The highest BCUT2D eigenvalue weighted by molar-refractivity contribution is 5.92. The largest absolute Gasteiger partial charge is 0.312 e. The lowest BCUT2D eigenvalue weighted by Gasteiger charge is -2.35.